The molecule has 2 bridgehead atoms. The van der Waals surface area contributed by atoms with Gasteiger partial charge >= 0.3 is 0 Å². The minimum atomic E-state index is -3.50. The number of sulfonamides is 1. The number of benzene rings is 1. The molecule has 4 aliphatic heterocycles. The lowest BCUT2D eigenvalue weighted by atomic mass is 9.75. The van der Waals surface area contributed by atoms with Crippen LogP contribution in [0.5, 0.6) is 0 Å². The molecule has 29 heavy (non-hydrogen) atoms. The van der Waals surface area contributed by atoms with Crippen LogP contribution in [0, 0.1) is 11.8 Å². The molecule has 0 saturated carbocycles. The van der Waals surface area contributed by atoms with Gasteiger partial charge < -0.3 is 4.74 Å². The molecule has 1 aromatic carbocycles. The lowest BCUT2D eigenvalue weighted by molar-refractivity contribution is -0.0156. The van der Waals surface area contributed by atoms with E-state index in [-0.39, 0.29) is 4.90 Å². The van der Waals surface area contributed by atoms with Crippen LogP contribution in [0.4, 0.5) is 0 Å². The maximum atomic E-state index is 12.6. The normalized spacial score (nSPS) is 32.7. The van der Waals surface area contributed by atoms with Crippen LogP contribution in [-0.2, 0) is 14.8 Å². The molecular weight excluding hydrogens is 410 g/mol. The van der Waals surface area contributed by atoms with Gasteiger partial charge in [-0.05, 0) is 74.9 Å². The summed E-state index contributed by atoms with van der Waals surface area (Å²) in [6.45, 7) is 5.80. The summed E-state index contributed by atoms with van der Waals surface area (Å²) in [6.07, 6.45) is 4.82. The summed E-state index contributed by atoms with van der Waals surface area (Å²) in [7, 11) is -1.70. The third kappa shape index (κ3) is 4.97. The van der Waals surface area contributed by atoms with Crippen LogP contribution in [0.25, 0.3) is 0 Å². The Morgan fingerprint density at radius 2 is 1.97 bits per heavy atom. The number of nitrogens with one attached hydrogen (secondary N) is 1. The third-order valence-corrected chi connectivity index (χ3v) is 8.67. The molecule has 0 spiro atoms. The molecule has 1 aromatic rings. The zero-order chi connectivity index (χ0) is 20.4. The minimum absolute atomic E-state index is 0.272. The molecule has 4 fully saturated rings. The molecule has 8 heteroatoms. The highest BCUT2D eigenvalue weighted by Gasteiger charge is 2.41. The van der Waals surface area contributed by atoms with E-state index in [9.17, 15) is 8.42 Å². The standard InChI is InChI=1S/C21H32ClN3O3S/c1-28-15-19-3-2-9-24(19)13-17-14-25-10-8-16(17)11-20(25)12-23-29(26,27)21-6-4-18(22)5-7-21/h4-7,16-17,19-20,23H,2-3,8-15H2,1H3. The SMILES string of the molecule is COCC1CCCN1CC1CN2CCC1CC2CNS(=O)(=O)c1ccc(Cl)cc1. The van der Waals surface area contributed by atoms with E-state index in [1.54, 1.807) is 31.4 Å². The Hall–Kier alpha value is -0.700. The minimum Gasteiger partial charge on any atom is -0.383 e. The first-order valence-electron chi connectivity index (χ1n) is 10.7. The van der Waals surface area contributed by atoms with Gasteiger partial charge in [0.15, 0.2) is 0 Å². The number of likely N-dealkylation sites (tertiary alicyclic amines) is 1. The van der Waals surface area contributed by atoms with E-state index in [1.807, 2.05) is 0 Å². The van der Waals surface area contributed by atoms with Crippen molar-refractivity contribution < 1.29 is 13.2 Å². The van der Waals surface area contributed by atoms with Crippen LogP contribution >= 0.6 is 11.6 Å². The summed E-state index contributed by atoms with van der Waals surface area (Å²) < 4.78 is 33.4. The van der Waals surface area contributed by atoms with Crippen molar-refractivity contribution in [2.24, 2.45) is 11.8 Å². The van der Waals surface area contributed by atoms with E-state index in [0.29, 0.717) is 35.5 Å². The predicted octanol–water partition coefficient (Wildman–Crippen LogP) is 2.44. The Morgan fingerprint density at radius 1 is 1.17 bits per heavy atom. The van der Waals surface area contributed by atoms with Crippen molar-refractivity contribution >= 4 is 21.6 Å². The van der Waals surface area contributed by atoms with E-state index in [1.165, 1.54) is 25.8 Å². The molecule has 5 atom stereocenters. The zero-order valence-electron chi connectivity index (χ0n) is 17.1. The number of halogens is 1. The molecule has 0 aromatic heterocycles. The summed E-state index contributed by atoms with van der Waals surface area (Å²) in [5.41, 5.74) is 0. The van der Waals surface area contributed by atoms with Crippen molar-refractivity contribution in [1.29, 1.82) is 0 Å². The van der Waals surface area contributed by atoms with Gasteiger partial charge in [0.25, 0.3) is 0 Å². The average Bonchev–Trinajstić information content (AvgIpc) is 3.15. The van der Waals surface area contributed by atoms with Crippen LogP contribution in [-0.4, -0.2) is 76.7 Å². The molecular formula is C21H32ClN3O3S. The number of nitrogens with zero attached hydrogens (tertiary/aromatic N) is 2. The van der Waals surface area contributed by atoms with Crippen LogP contribution in [0.3, 0.4) is 0 Å². The first kappa shape index (κ1) is 21.5. The predicted molar refractivity (Wildman–Crippen MR) is 115 cm³/mol. The van der Waals surface area contributed by atoms with Gasteiger partial charge in [0.1, 0.15) is 0 Å². The number of hydrogen-bond donors (Lipinski definition) is 1. The first-order valence-corrected chi connectivity index (χ1v) is 12.5. The van der Waals surface area contributed by atoms with Crippen molar-refractivity contribution in [2.45, 2.75) is 42.7 Å². The maximum Gasteiger partial charge on any atom is 0.240 e. The lowest BCUT2D eigenvalue weighted by Crippen LogP contribution is -2.58. The molecule has 4 heterocycles. The summed E-state index contributed by atoms with van der Waals surface area (Å²) >= 11 is 5.87. The van der Waals surface area contributed by atoms with Gasteiger partial charge in [-0.25, -0.2) is 13.1 Å². The molecule has 162 valence electrons. The van der Waals surface area contributed by atoms with E-state index in [2.05, 4.69) is 14.5 Å². The molecule has 1 N–H and O–H groups in total. The average molecular weight is 442 g/mol. The molecule has 0 amide bonds. The van der Waals surface area contributed by atoms with Gasteiger partial charge in [-0.1, -0.05) is 11.6 Å². The number of methoxy groups -OCH3 is 1. The van der Waals surface area contributed by atoms with Gasteiger partial charge in [-0.2, -0.15) is 0 Å². The highest BCUT2D eigenvalue weighted by Crippen LogP contribution is 2.37. The second-order valence-corrected chi connectivity index (χ2v) is 10.9. The second kappa shape index (κ2) is 9.20. The second-order valence-electron chi connectivity index (χ2n) is 8.75. The van der Waals surface area contributed by atoms with Crippen molar-refractivity contribution in [3.63, 3.8) is 0 Å². The Labute approximate surface area is 179 Å². The summed E-state index contributed by atoms with van der Waals surface area (Å²) in [6, 6.07) is 7.20. The highest BCUT2D eigenvalue weighted by atomic mass is 35.5. The fourth-order valence-corrected chi connectivity index (χ4v) is 6.59. The van der Waals surface area contributed by atoms with Crippen LogP contribution in [0.2, 0.25) is 5.02 Å². The van der Waals surface area contributed by atoms with Crippen molar-refractivity contribution in [1.82, 2.24) is 14.5 Å². The van der Waals surface area contributed by atoms with Crippen molar-refractivity contribution in [2.75, 3.05) is 46.4 Å². The quantitative estimate of drug-likeness (QED) is 0.671. The number of piperidine rings is 3. The summed E-state index contributed by atoms with van der Waals surface area (Å²) in [4.78, 5) is 5.39. The Bertz CT molecular complexity index is 789. The van der Waals surface area contributed by atoms with Crippen LogP contribution in [0.1, 0.15) is 25.7 Å². The monoisotopic (exact) mass is 441 g/mol. The molecule has 5 unspecified atom stereocenters. The molecule has 4 aliphatic rings. The van der Waals surface area contributed by atoms with Gasteiger partial charge in [-0.3, -0.25) is 9.80 Å². The van der Waals surface area contributed by atoms with Gasteiger partial charge in [-0.15, -0.1) is 0 Å². The first-order chi connectivity index (χ1) is 14.0. The molecule has 0 radical (unpaired) electrons. The maximum absolute atomic E-state index is 12.6. The lowest BCUT2D eigenvalue weighted by Gasteiger charge is -2.51. The van der Waals surface area contributed by atoms with Gasteiger partial charge in [0.05, 0.1) is 11.5 Å². The number of ether oxygens (including phenoxy) is 1. The van der Waals surface area contributed by atoms with Crippen molar-refractivity contribution in [3.05, 3.63) is 29.3 Å². The van der Waals surface area contributed by atoms with Gasteiger partial charge in [0.2, 0.25) is 10.0 Å². The van der Waals surface area contributed by atoms with Gasteiger partial charge in [0, 0.05) is 43.9 Å². The number of rotatable bonds is 8. The van der Waals surface area contributed by atoms with Crippen molar-refractivity contribution in [3.8, 4) is 0 Å². The number of fused-ring (bicyclic) bond motifs is 3. The van der Waals surface area contributed by atoms with E-state index in [0.717, 1.165) is 32.7 Å². The smallest absolute Gasteiger partial charge is 0.240 e. The topological polar surface area (TPSA) is 61.9 Å². The molecule has 5 rings (SSSR count). The Kier molecular flexibility index (Phi) is 6.83. The highest BCUT2D eigenvalue weighted by molar-refractivity contribution is 7.89. The summed E-state index contributed by atoms with van der Waals surface area (Å²) in [5, 5.41) is 0.538. The largest absolute Gasteiger partial charge is 0.383 e. The Morgan fingerprint density at radius 3 is 2.66 bits per heavy atom. The fraction of sp³-hybridized carbons (Fsp3) is 0.714. The van der Waals surface area contributed by atoms with Crippen LogP contribution in [0.15, 0.2) is 29.2 Å². The molecule has 6 nitrogen and oxygen atoms in total. The number of hydrogen-bond acceptors (Lipinski definition) is 5. The fourth-order valence-electron chi connectivity index (χ4n) is 5.39. The van der Waals surface area contributed by atoms with E-state index >= 15 is 0 Å². The summed E-state index contributed by atoms with van der Waals surface area (Å²) in [5.74, 6) is 1.37. The zero-order valence-corrected chi connectivity index (χ0v) is 18.7. The Balaban J connectivity index is 1.32. The van der Waals surface area contributed by atoms with E-state index in [4.69, 9.17) is 16.3 Å². The third-order valence-electron chi connectivity index (χ3n) is 6.97. The van der Waals surface area contributed by atoms with E-state index < -0.39 is 10.0 Å². The van der Waals surface area contributed by atoms with Crippen LogP contribution < -0.4 is 4.72 Å². The molecule has 4 saturated heterocycles. The molecule has 0 aliphatic carbocycles.